The molecule has 1 unspecified atom stereocenters. The Morgan fingerprint density at radius 3 is 2.35 bits per heavy atom. The summed E-state index contributed by atoms with van der Waals surface area (Å²) in [6.07, 6.45) is -4.89. The van der Waals surface area contributed by atoms with Crippen LogP contribution >= 0.6 is 11.6 Å². The van der Waals surface area contributed by atoms with Crippen molar-refractivity contribution in [3.63, 3.8) is 0 Å². The first-order chi connectivity index (χ1) is 15.9. The molecule has 0 aromatic heterocycles. The summed E-state index contributed by atoms with van der Waals surface area (Å²) in [5, 5.41) is 2.81. The number of carbonyl (C=O) groups is 2. The molecule has 1 saturated heterocycles. The molecule has 2 aromatic rings. The van der Waals surface area contributed by atoms with Gasteiger partial charge in [0, 0.05) is 11.6 Å². The second kappa shape index (κ2) is 9.71. The SMILES string of the molecule is COc1ccc(Cl)cc1CC1CNC(=O)CN(S(=O)(=O)c2cc(C(F)(F)F)ccc2OC)C1=O. The standard InChI is InChI=1S/C21H20ClF3N2O6S/c1-32-16-6-4-15(22)8-12(16)7-13-10-26-19(28)11-27(20(13)29)34(30,31)18-9-14(21(23,24)25)3-5-17(18)33-2/h3-6,8-9,13H,7,10-11H2,1-2H3,(H,26,28). The Morgan fingerprint density at radius 2 is 1.74 bits per heavy atom. The molecule has 8 nitrogen and oxygen atoms in total. The highest BCUT2D eigenvalue weighted by Crippen LogP contribution is 2.36. The van der Waals surface area contributed by atoms with Gasteiger partial charge in [-0.05, 0) is 48.4 Å². The van der Waals surface area contributed by atoms with E-state index in [0.29, 0.717) is 28.5 Å². The topological polar surface area (TPSA) is 102 Å². The number of halogens is 4. The Kier molecular flexibility index (Phi) is 7.32. The summed E-state index contributed by atoms with van der Waals surface area (Å²) in [4.78, 5) is 24.7. The molecular formula is C21H20ClF3N2O6S. The zero-order chi connectivity index (χ0) is 25.3. The van der Waals surface area contributed by atoms with Gasteiger partial charge in [-0.15, -0.1) is 0 Å². The minimum absolute atomic E-state index is 0.0470. The molecule has 2 aromatic carbocycles. The molecule has 13 heteroatoms. The van der Waals surface area contributed by atoms with Crippen LogP contribution in [0.5, 0.6) is 11.5 Å². The molecule has 3 rings (SSSR count). The first-order valence-corrected chi connectivity index (χ1v) is 11.6. The van der Waals surface area contributed by atoms with Gasteiger partial charge >= 0.3 is 6.18 Å². The molecule has 1 fully saturated rings. The first kappa shape index (κ1) is 25.6. The maximum Gasteiger partial charge on any atom is 0.416 e. The summed E-state index contributed by atoms with van der Waals surface area (Å²) in [5.74, 6) is -2.84. The van der Waals surface area contributed by atoms with E-state index in [1.807, 2.05) is 0 Å². The van der Waals surface area contributed by atoms with Crippen LogP contribution in [-0.2, 0) is 32.2 Å². The molecule has 0 spiro atoms. The maximum atomic E-state index is 13.4. The van der Waals surface area contributed by atoms with Crippen LogP contribution in [0.4, 0.5) is 13.2 Å². The van der Waals surface area contributed by atoms with E-state index in [9.17, 15) is 31.2 Å². The van der Waals surface area contributed by atoms with Gasteiger partial charge < -0.3 is 14.8 Å². The Hall–Kier alpha value is -2.99. The number of nitrogens with zero attached hydrogens (tertiary/aromatic N) is 1. The lowest BCUT2D eigenvalue weighted by Crippen LogP contribution is -2.42. The monoisotopic (exact) mass is 520 g/mol. The lowest BCUT2D eigenvalue weighted by molar-refractivity contribution is -0.137. The van der Waals surface area contributed by atoms with Crippen molar-refractivity contribution in [2.24, 2.45) is 5.92 Å². The summed E-state index contributed by atoms with van der Waals surface area (Å²) >= 11 is 6.03. The van der Waals surface area contributed by atoms with E-state index in [2.05, 4.69) is 5.32 Å². The fourth-order valence-corrected chi connectivity index (χ4v) is 5.29. The van der Waals surface area contributed by atoms with Crippen molar-refractivity contribution >= 4 is 33.4 Å². The van der Waals surface area contributed by atoms with Gasteiger partial charge in [-0.2, -0.15) is 13.2 Å². The number of sulfonamides is 1. The summed E-state index contributed by atoms with van der Waals surface area (Å²) < 4.78 is 76.9. The Balaban J connectivity index is 2.05. The quantitative estimate of drug-likeness (QED) is 0.628. The van der Waals surface area contributed by atoms with Crippen molar-refractivity contribution in [2.75, 3.05) is 27.3 Å². The van der Waals surface area contributed by atoms with Crippen molar-refractivity contribution in [3.8, 4) is 11.5 Å². The van der Waals surface area contributed by atoms with Crippen molar-refractivity contribution < 1.29 is 40.7 Å². The number of alkyl halides is 3. The van der Waals surface area contributed by atoms with E-state index in [0.717, 1.165) is 13.2 Å². The number of hydrogen-bond donors (Lipinski definition) is 1. The average molecular weight is 521 g/mol. The minimum Gasteiger partial charge on any atom is -0.496 e. The number of rotatable bonds is 6. The third-order valence-corrected chi connectivity index (χ3v) is 7.19. The van der Waals surface area contributed by atoms with Gasteiger partial charge in [-0.1, -0.05) is 11.6 Å². The molecule has 0 saturated carbocycles. The largest absolute Gasteiger partial charge is 0.496 e. The van der Waals surface area contributed by atoms with Crippen LogP contribution in [0.15, 0.2) is 41.3 Å². The first-order valence-electron chi connectivity index (χ1n) is 9.79. The second-order valence-corrected chi connectivity index (χ2v) is 9.64. The molecular weight excluding hydrogens is 501 g/mol. The minimum atomic E-state index is -4.90. The fourth-order valence-electron chi connectivity index (χ4n) is 3.50. The van der Waals surface area contributed by atoms with Gasteiger partial charge in [-0.3, -0.25) is 9.59 Å². The van der Waals surface area contributed by atoms with E-state index in [1.165, 1.54) is 13.2 Å². The van der Waals surface area contributed by atoms with Crippen LogP contribution in [-0.4, -0.2) is 51.8 Å². The highest BCUT2D eigenvalue weighted by Gasteiger charge is 2.41. The van der Waals surface area contributed by atoms with E-state index < -0.39 is 56.7 Å². The van der Waals surface area contributed by atoms with E-state index in [1.54, 1.807) is 12.1 Å². The van der Waals surface area contributed by atoms with Crippen molar-refractivity contribution in [1.29, 1.82) is 0 Å². The van der Waals surface area contributed by atoms with Gasteiger partial charge in [0.05, 0.1) is 25.7 Å². The van der Waals surface area contributed by atoms with Gasteiger partial charge in [0.2, 0.25) is 11.8 Å². The lowest BCUT2D eigenvalue weighted by Gasteiger charge is -2.24. The van der Waals surface area contributed by atoms with Crippen molar-refractivity contribution in [2.45, 2.75) is 17.5 Å². The third-order valence-electron chi connectivity index (χ3n) is 5.20. The number of hydrogen-bond acceptors (Lipinski definition) is 6. The highest BCUT2D eigenvalue weighted by atomic mass is 35.5. The zero-order valence-corrected chi connectivity index (χ0v) is 19.6. The third kappa shape index (κ3) is 5.22. The zero-order valence-electron chi connectivity index (χ0n) is 18.0. The van der Waals surface area contributed by atoms with Crippen LogP contribution in [0.2, 0.25) is 5.02 Å². The summed E-state index contributed by atoms with van der Waals surface area (Å²) in [5.41, 5.74) is -0.766. The summed E-state index contributed by atoms with van der Waals surface area (Å²) in [6, 6.07) is 6.54. The molecule has 1 aliphatic heterocycles. The fraction of sp³-hybridized carbons (Fsp3) is 0.333. The number of nitrogens with one attached hydrogen (secondary N) is 1. The van der Waals surface area contributed by atoms with Crippen LogP contribution < -0.4 is 14.8 Å². The van der Waals surface area contributed by atoms with Crippen LogP contribution in [0.25, 0.3) is 0 Å². The lowest BCUT2D eigenvalue weighted by atomic mass is 9.98. The Morgan fingerprint density at radius 1 is 1.09 bits per heavy atom. The van der Waals surface area contributed by atoms with Gasteiger partial charge in [0.25, 0.3) is 10.0 Å². The van der Waals surface area contributed by atoms with Gasteiger partial charge in [-0.25, -0.2) is 12.7 Å². The predicted octanol–water partition coefficient (Wildman–Crippen LogP) is 2.88. The summed E-state index contributed by atoms with van der Waals surface area (Å²) in [7, 11) is -2.42. The molecule has 2 amide bonds. The van der Waals surface area contributed by atoms with E-state index >= 15 is 0 Å². The van der Waals surface area contributed by atoms with Crippen LogP contribution in [0.3, 0.4) is 0 Å². The smallest absolute Gasteiger partial charge is 0.416 e. The Bertz CT molecular complexity index is 1220. The molecule has 1 atom stereocenters. The van der Waals surface area contributed by atoms with Crippen LogP contribution in [0.1, 0.15) is 11.1 Å². The van der Waals surface area contributed by atoms with Gasteiger partial charge in [0.15, 0.2) is 0 Å². The van der Waals surface area contributed by atoms with E-state index in [4.69, 9.17) is 21.1 Å². The molecule has 184 valence electrons. The second-order valence-electron chi connectivity index (χ2n) is 7.37. The predicted molar refractivity (Wildman–Crippen MR) is 115 cm³/mol. The molecule has 0 radical (unpaired) electrons. The molecule has 1 aliphatic rings. The normalized spacial score (nSPS) is 17.2. The van der Waals surface area contributed by atoms with Gasteiger partial charge in [0.1, 0.15) is 22.9 Å². The Labute approximate surface area is 198 Å². The van der Waals surface area contributed by atoms with Crippen molar-refractivity contribution in [1.82, 2.24) is 9.62 Å². The highest BCUT2D eigenvalue weighted by molar-refractivity contribution is 7.89. The molecule has 34 heavy (non-hydrogen) atoms. The van der Waals surface area contributed by atoms with E-state index in [-0.39, 0.29) is 17.3 Å². The molecule has 1 heterocycles. The average Bonchev–Trinajstić information content (AvgIpc) is 2.92. The molecule has 0 aliphatic carbocycles. The number of carbonyl (C=O) groups excluding carboxylic acids is 2. The number of ether oxygens (including phenoxy) is 2. The summed E-state index contributed by atoms with van der Waals surface area (Å²) in [6.45, 7) is -1.09. The van der Waals surface area contributed by atoms with Crippen molar-refractivity contribution in [3.05, 3.63) is 52.5 Å². The maximum absolute atomic E-state index is 13.4. The number of methoxy groups -OCH3 is 2. The number of benzene rings is 2. The molecule has 0 bridgehead atoms. The van der Waals surface area contributed by atoms with Crippen LogP contribution in [0, 0.1) is 5.92 Å². The molecule has 1 N–H and O–H groups in total. The number of amides is 2.